The van der Waals surface area contributed by atoms with Crippen LogP contribution in [0.3, 0.4) is 0 Å². The Kier molecular flexibility index (Phi) is 2.91. The maximum atomic E-state index is 11.8. The topological polar surface area (TPSA) is 35.5 Å². The smallest absolute Gasteiger partial charge is 0.427 e. The Morgan fingerprint density at radius 3 is 2.05 bits per heavy atom. The van der Waals surface area contributed by atoms with Crippen LogP contribution in [0, 0.1) is 35.5 Å². The van der Waals surface area contributed by atoms with Crippen molar-refractivity contribution in [2.75, 3.05) is 0 Å². The molecule has 9 unspecified atom stereocenters. The normalized spacial score (nSPS) is 57.8. The summed E-state index contributed by atoms with van der Waals surface area (Å²) in [5.74, 6) is 4.28. The van der Waals surface area contributed by atoms with Crippen molar-refractivity contribution in [2.24, 2.45) is 35.5 Å². The zero-order valence-corrected chi connectivity index (χ0v) is 13.8. The molecule has 9 atom stereocenters. The van der Waals surface area contributed by atoms with Crippen molar-refractivity contribution in [1.29, 1.82) is 0 Å². The maximum absolute atomic E-state index is 11.8. The molecule has 6 aliphatic rings. The van der Waals surface area contributed by atoms with Gasteiger partial charge in [-0.05, 0) is 55.8 Å². The van der Waals surface area contributed by atoms with Crippen LogP contribution in [0.25, 0.3) is 0 Å². The minimum Gasteiger partial charge on any atom is -0.427 e. The fourth-order valence-corrected chi connectivity index (χ4v) is 7.52. The summed E-state index contributed by atoms with van der Waals surface area (Å²) >= 11 is 3.86. The van der Waals surface area contributed by atoms with E-state index in [1.165, 1.54) is 44.9 Å². The number of halogens is 1. The molecule has 0 radical (unpaired) electrons. The minimum absolute atomic E-state index is 0.0703. The first kappa shape index (κ1) is 13.2. The van der Waals surface area contributed by atoms with E-state index < -0.39 is 6.16 Å². The summed E-state index contributed by atoms with van der Waals surface area (Å²) in [7, 11) is 0. The summed E-state index contributed by atoms with van der Waals surface area (Å²) in [6.07, 6.45) is 9.07. The van der Waals surface area contributed by atoms with Gasteiger partial charge in [-0.2, -0.15) is 0 Å². The van der Waals surface area contributed by atoms with Gasteiger partial charge >= 0.3 is 6.16 Å². The van der Waals surface area contributed by atoms with E-state index >= 15 is 0 Å². The van der Waals surface area contributed by atoms with E-state index in [4.69, 9.17) is 9.47 Å². The van der Waals surface area contributed by atoms with Crippen LogP contribution in [0.4, 0.5) is 4.79 Å². The molecule has 6 fully saturated rings. The minimum atomic E-state index is -0.396. The van der Waals surface area contributed by atoms with E-state index in [0.29, 0.717) is 16.7 Å². The second-order valence-corrected chi connectivity index (χ2v) is 9.21. The molecule has 21 heavy (non-hydrogen) atoms. The van der Waals surface area contributed by atoms with E-state index in [2.05, 4.69) is 15.9 Å². The number of hydrogen-bond acceptors (Lipinski definition) is 3. The molecule has 116 valence electrons. The van der Waals surface area contributed by atoms with Crippen molar-refractivity contribution in [2.45, 2.75) is 62.0 Å². The molecular formula is C17H23BrO3. The van der Waals surface area contributed by atoms with Crippen LogP contribution in [-0.4, -0.2) is 23.2 Å². The molecule has 0 N–H and O–H groups in total. The van der Waals surface area contributed by atoms with E-state index in [0.717, 1.165) is 23.7 Å². The molecule has 1 aliphatic heterocycles. The van der Waals surface area contributed by atoms with Gasteiger partial charge in [0.2, 0.25) is 0 Å². The van der Waals surface area contributed by atoms with E-state index in [1.807, 2.05) is 0 Å². The Hall–Kier alpha value is -0.250. The van der Waals surface area contributed by atoms with Gasteiger partial charge in [-0.1, -0.05) is 28.8 Å². The average Bonchev–Trinajstić information content (AvgIpc) is 2.87. The summed E-state index contributed by atoms with van der Waals surface area (Å²) in [6.45, 7) is 0. The first-order valence-corrected chi connectivity index (χ1v) is 9.67. The van der Waals surface area contributed by atoms with Crippen LogP contribution < -0.4 is 0 Å². The molecule has 0 amide bonds. The average molecular weight is 355 g/mol. The SMILES string of the molecule is O=C1OC2C(O1)C1C3CCCCC3C2C2CCC(Br)CC21. The third kappa shape index (κ3) is 1.74. The van der Waals surface area contributed by atoms with Gasteiger partial charge in [0.1, 0.15) is 12.2 Å². The number of carbonyl (C=O) groups excluding carboxylic acids is 1. The molecule has 6 rings (SSSR count). The highest BCUT2D eigenvalue weighted by atomic mass is 79.9. The van der Waals surface area contributed by atoms with Gasteiger partial charge in [-0.25, -0.2) is 4.79 Å². The Balaban J connectivity index is 1.57. The monoisotopic (exact) mass is 354 g/mol. The van der Waals surface area contributed by atoms with Crippen molar-refractivity contribution in [1.82, 2.24) is 0 Å². The highest BCUT2D eigenvalue weighted by Crippen LogP contribution is 2.64. The van der Waals surface area contributed by atoms with Crippen LogP contribution in [0.5, 0.6) is 0 Å². The largest absolute Gasteiger partial charge is 0.509 e. The van der Waals surface area contributed by atoms with Crippen LogP contribution in [0.2, 0.25) is 0 Å². The highest BCUT2D eigenvalue weighted by Gasteiger charge is 2.67. The lowest BCUT2D eigenvalue weighted by atomic mass is 9.43. The van der Waals surface area contributed by atoms with Gasteiger partial charge in [0.25, 0.3) is 0 Å². The molecule has 1 saturated heterocycles. The van der Waals surface area contributed by atoms with Gasteiger partial charge in [-0.3, -0.25) is 0 Å². The van der Waals surface area contributed by atoms with Gasteiger partial charge in [0.15, 0.2) is 0 Å². The third-order valence-corrected chi connectivity index (χ3v) is 8.12. The first-order valence-electron chi connectivity index (χ1n) is 8.75. The Bertz CT molecular complexity index is 467. The van der Waals surface area contributed by atoms with Gasteiger partial charge in [0, 0.05) is 16.7 Å². The molecule has 0 spiro atoms. The molecule has 3 nitrogen and oxygen atoms in total. The van der Waals surface area contributed by atoms with Crippen molar-refractivity contribution >= 4 is 22.1 Å². The summed E-state index contributed by atoms with van der Waals surface area (Å²) in [4.78, 5) is 12.4. The van der Waals surface area contributed by atoms with Crippen LogP contribution in [0.15, 0.2) is 0 Å². The van der Waals surface area contributed by atoms with E-state index in [1.54, 1.807) is 0 Å². The summed E-state index contributed by atoms with van der Waals surface area (Å²) < 4.78 is 11.3. The second kappa shape index (κ2) is 4.62. The van der Waals surface area contributed by atoms with E-state index in [9.17, 15) is 4.79 Å². The summed E-state index contributed by atoms with van der Waals surface area (Å²) in [5.41, 5.74) is 0. The fraction of sp³-hybridized carbons (Fsp3) is 0.941. The number of ether oxygens (including phenoxy) is 2. The Morgan fingerprint density at radius 2 is 1.38 bits per heavy atom. The Labute approximate surface area is 134 Å². The van der Waals surface area contributed by atoms with Crippen LogP contribution in [0.1, 0.15) is 44.9 Å². The van der Waals surface area contributed by atoms with Crippen molar-refractivity contribution in [3.8, 4) is 0 Å². The molecule has 0 aromatic carbocycles. The zero-order chi connectivity index (χ0) is 14.1. The van der Waals surface area contributed by atoms with Crippen molar-refractivity contribution < 1.29 is 14.3 Å². The van der Waals surface area contributed by atoms with Gasteiger partial charge in [-0.15, -0.1) is 0 Å². The first-order chi connectivity index (χ1) is 10.2. The summed E-state index contributed by atoms with van der Waals surface area (Å²) in [5, 5.41) is 0. The number of hydrogen-bond donors (Lipinski definition) is 0. The van der Waals surface area contributed by atoms with Crippen LogP contribution in [-0.2, 0) is 9.47 Å². The predicted molar refractivity (Wildman–Crippen MR) is 81.1 cm³/mol. The van der Waals surface area contributed by atoms with Gasteiger partial charge in [0.05, 0.1) is 0 Å². The third-order valence-electron chi connectivity index (χ3n) is 7.29. The molecule has 0 aromatic heterocycles. The van der Waals surface area contributed by atoms with Crippen molar-refractivity contribution in [3.05, 3.63) is 0 Å². The lowest BCUT2D eigenvalue weighted by Gasteiger charge is -2.62. The molecule has 5 aliphatic carbocycles. The lowest BCUT2D eigenvalue weighted by Crippen LogP contribution is -2.64. The molecule has 0 aromatic rings. The molecule has 2 bridgehead atoms. The number of carbonyl (C=O) groups is 1. The number of alkyl halides is 1. The molecule has 4 heteroatoms. The standard InChI is InChI=1S/C17H23BrO3/c18-8-5-6-11-12(7-8)14-10-4-2-1-3-9(10)13(11)15-16(14)21-17(19)20-15/h8-16H,1-7H2. The van der Waals surface area contributed by atoms with E-state index in [-0.39, 0.29) is 12.2 Å². The molecule has 5 saturated carbocycles. The maximum Gasteiger partial charge on any atom is 0.509 e. The lowest BCUT2D eigenvalue weighted by molar-refractivity contribution is -0.188. The van der Waals surface area contributed by atoms with Crippen molar-refractivity contribution in [3.63, 3.8) is 0 Å². The molecular weight excluding hydrogens is 332 g/mol. The highest BCUT2D eigenvalue weighted by molar-refractivity contribution is 9.09. The van der Waals surface area contributed by atoms with Gasteiger partial charge < -0.3 is 9.47 Å². The Morgan fingerprint density at radius 1 is 0.810 bits per heavy atom. The predicted octanol–water partition coefficient (Wildman–Crippen LogP) is 4.14. The molecule has 1 heterocycles. The summed E-state index contributed by atoms with van der Waals surface area (Å²) in [6, 6.07) is 0. The fourth-order valence-electron chi connectivity index (χ4n) is 6.83. The van der Waals surface area contributed by atoms with Crippen LogP contribution >= 0.6 is 15.9 Å². The zero-order valence-electron chi connectivity index (χ0n) is 12.2. The number of rotatable bonds is 0. The second-order valence-electron chi connectivity index (χ2n) is 7.92. The quantitative estimate of drug-likeness (QED) is 0.484.